The Morgan fingerprint density at radius 2 is 2.36 bits per heavy atom. The molecule has 5 heteroatoms. The quantitative estimate of drug-likeness (QED) is 0.428. The van der Waals surface area contributed by atoms with Gasteiger partial charge in [0.05, 0.1) is 12.2 Å². The number of H-pyrrole nitrogens is 1. The van der Waals surface area contributed by atoms with E-state index in [1.807, 2.05) is 0 Å². The smallest absolute Gasteiger partial charge is 0.258 e. The van der Waals surface area contributed by atoms with Gasteiger partial charge in [-0.3, -0.25) is 9.59 Å². The molecule has 0 bridgehead atoms. The lowest BCUT2D eigenvalue weighted by molar-refractivity contribution is 0.112. The van der Waals surface area contributed by atoms with Crippen LogP contribution in [0.15, 0.2) is 17.1 Å². The zero-order chi connectivity index (χ0) is 10.4. The highest BCUT2D eigenvalue weighted by Gasteiger charge is 1.99. The van der Waals surface area contributed by atoms with Gasteiger partial charge < -0.3 is 15.4 Å². The Hall–Kier alpha value is -1.46. The van der Waals surface area contributed by atoms with Gasteiger partial charge in [0.15, 0.2) is 6.29 Å². The molecule has 3 N–H and O–H groups in total. The molecule has 1 rings (SSSR count). The summed E-state index contributed by atoms with van der Waals surface area (Å²) in [6.07, 6.45) is 2.06. The second-order valence-electron chi connectivity index (χ2n) is 2.81. The van der Waals surface area contributed by atoms with Crippen LogP contribution in [0, 0.1) is 0 Å². The number of nitrogens with one attached hydrogen (secondary N) is 2. The van der Waals surface area contributed by atoms with E-state index in [1.54, 1.807) is 6.20 Å². The van der Waals surface area contributed by atoms with Crippen LogP contribution in [0.5, 0.6) is 0 Å². The van der Waals surface area contributed by atoms with Crippen molar-refractivity contribution < 1.29 is 9.90 Å². The molecule has 0 spiro atoms. The Kier molecular flexibility index (Phi) is 4.03. The maximum atomic E-state index is 11.0. The Morgan fingerprint density at radius 3 is 3.00 bits per heavy atom. The van der Waals surface area contributed by atoms with E-state index < -0.39 is 0 Å². The van der Waals surface area contributed by atoms with Gasteiger partial charge in [0.25, 0.3) is 5.56 Å². The molecule has 0 unspecified atom stereocenters. The van der Waals surface area contributed by atoms with Crippen LogP contribution in [0.25, 0.3) is 0 Å². The third kappa shape index (κ3) is 2.79. The first-order valence-electron chi connectivity index (χ1n) is 4.26. The molecule has 1 heterocycles. The number of aromatic amines is 1. The van der Waals surface area contributed by atoms with Crippen molar-refractivity contribution in [2.45, 2.75) is 6.54 Å². The largest absolute Gasteiger partial charge is 0.395 e. The van der Waals surface area contributed by atoms with Gasteiger partial charge in [-0.15, -0.1) is 0 Å². The molecule has 1 aromatic heterocycles. The Labute approximate surface area is 80.8 Å². The van der Waals surface area contributed by atoms with Crippen LogP contribution in [0.1, 0.15) is 15.9 Å². The summed E-state index contributed by atoms with van der Waals surface area (Å²) in [5, 5.41) is 11.4. The van der Waals surface area contributed by atoms with E-state index in [4.69, 9.17) is 5.11 Å². The van der Waals surface area contributed by atoms with E-state index >= 15 is 0 Å². The molecule has 0 aliphatic heterocycles. The first kappa shape index (κ1) is 10.6. The summed E-state index contributed by atoms with van der Waals surface area (Å²) in [4.78, 5) is 23.9. The van der Waals surface area contributed by atoms with Gasteiger partial charge in [-0.05, 0) is 11.6 Å². The van der Waals surface area contributed by atoms with Crippen molar-refractivity contribution in [2.24, 2.45) is 0 Å². The van der Waals surface area contributed by atoms with Crippen LogP contribution in [0.3, 0.4) is 0 Å². The predicted octanol–water partition coefficient (Wildman–Crippen LogP) is -0.731. The van der Waals surface area contributed by atoms with Crippen molar-refractivity contribution in [1.82, 2.24) is 10.3 Å². The highest BCUT2D eigenvalue weighted by molar-refractivity contribution is 5.74. The van der Waals surface area contributed by atoms with Crippen LogP contribution in [0.2, 0.25) is 0 Å². The van der Waals surface area contributed by atoms with Crippen molar-refractivity contribution in [3.63, 3.8) is 0 Å². The summed E-state index contributed by atoms with van der Waals surface area (Å²) in [5.41, 5.74) is 0.541. The standard InChI is InChI=1S/C9H12N2O3/c12-2-1-10-4-7-3-8(6-13)9(14)11-5-7/h3,5-6,10,12H,1-2,4H2,(H,11,14). The molecule has 0 radical (unpaired) electrons. The number of pyridine rings is 1. The number of rotatable bonds is 5. The number of carbonyl (C=O) groups is 1. The number of aliphatic hydroxyl groups is 1. The summed E-state index contributed by atoms with van der Waals surface area (Å²) in [6, 6.07) is 1.52. The Morgan fingerprint density at radius 1 is 1.57 bits per heavy atom. The summed E-state index contributed by atoms with van der Waals surface area (Å²) in [6.45, 7) is 1.05. The number of aromatic nitrogens is 1. The maximum absolute atomic E-state index is 11.0. The van der Waals surface area contributed by atoms with Gasteiger partial charge in [0.2, 0.25) is 0 Å². The topological polar surface area (TPSA) is 82.2 Å². The summed E-state index contributed by atoms with van der Waals surface area (Å²) < 4.78 is 0. The molecule has 14 heavy (non-hydrogen) atoms. The van der Waals surface area contributed by atoms with Crippen molar-refractivity contribution in [1.29, 1.82) is 0 Å². The number of aldehydes is 1. The Balaban J connectivity index is 2.69. The van der Waals surface area contributed by atoms with Gasteiger partial charge in [-0.2, -0.15) is 0 Å². The van der Waals surface area contributed by atoms with E-state index in [1.165, 1.54) is 6.07 Å². The minimum absolute atomic E-state index is 0.0594. The number of hydrogen-bond acceptors (Lipinski definition) is 4. The zero-order valence-electron chi connectivity index (χ0n) is 7.62. The van der Waals surface area contributed by atoms with E-state index in [-0.39, 0.29) is 17.7 Å². The fraction of sp³-hybridized carbons (Fsp3) is 0.333. The molecule has 0 atom stereocenters. The summed E-state index contributed by atoms with van der Waals surface area (Å²) >= 11 is 0. The highest BCUT2D eigenvalue weighted by Crippen LogP contribution is 1.95. The minimum Gasteiger partial charge on any atom is -0.395 e. The maximum Gasteiger partial charge on any atom is 0.258 e. The van der Waals surface area contributed by atoms with Crippen LogP contribution in [-0.4, -0.2) is 29.5 Å². The van der Waals surface area contributed by atoms with Crippen LogP contribution in [0.4, 0.5) is 0 Å². The van der Waals surface area contributed by atoms with E-state index in [0.29, 0.717) is 19.4 Å². The highest BCUT2D eigenvalue weighted by atomic mass is 16.3. The van der Waals surface area contributed by atoms with Crippen molar-refractivity contribution >= 4 is 6.29 Å². The molecule has 5 nitrogen and oxygen atoms in total. The average Bonchev–Trinajstić information content (AvgIpc) is 2.21. The van der Waals surface area contributed by atoms with Gasteiger partial charge in [0.1, 0.15) is 0 Å². The molecule has 76 valence electrons. The number of carbonyl (C=O) groups excluding carboxylic acids is 1. The van der Waals surface area contributed by atoms with E-state index in [2.05, 4.69) is 10.3 Å². The molecular weight excluding hydrogens is 184 g/mol. The molecular formula is C9H12N2O3. The fourth-order valence-corrected chi connectivity index (χ4v) is 1.05. The van der Waals surface area contributed by atoms with Crippen molar-refractivity contribution in [3.05, 3.63) is 33.7 Å². The minimum atomic E-state index is -0.383. The molecule has 0 saturated carbocycles. The second-order valence-corrected chi connectivity index (χ2v) is 2.81. The number of hydrogen-bond donors (Lipinski definition) is 3. The lowest BCUT2D eigenvalue weighted by Crippen LogP contribution is -2.19. The van der Waals surface area contributed by atoms with E-state index in [0.717, 1.165) is 5.56 Å². The third-order valence-electron chi connectivity index (χ3n) is 1.74. The van der Waals surface area contributed by atoms with Crippen molar-refractivity contribution in [3.8, 4) is 0 Å². The predicted molar refractivity (Wildman–Crippen MR) is 51.2 cm³/mol. The first-order valence-corrected chi connectivity index (χ1v) is 4.26. The molecule has 0 saturated heterocycles. The molecule has 0 aliphatic rings. The Bertz CT molecular complexity index is 359. The second kappa shape index (κ2) is 5.31. The van der Waals surface area contributed by atoms with Crippen LogP contribution in [-0.2, 0) is 6.54 Å². The van der Waals surface area contributed by atoms with Gasteiger partial charge in [0, 0.05) is 19.3 Å². The van der Waals surface area contributed by atoms with Crippen LogP contribution >= 0.6 is 0 Å². The van der Waals surface area contributed by atoms with Crippen molar-refractivity contribution in [2.75, 3.05) is 13.2 Å². The monoisotopic (exact) mass is 196 g/mol. The molecule has 1 aromatic rings. The van der Waals surface area contributed by atoms with E-state index in [9.17, 15) is 9.59 Å². The fourth-order valence-electron chi connectivity index (χ4n) is 1.05. The number of aliphatic hydroxyl groups excluding tert-OH is 1. The summed E-state index contributed by atoms with van der Waals surface area (Å²) in [5.74, 6) is 0. The normalized spacial score (nSPS) is 10.1. The lowest BCUT2D eigenvalue weighted by atomic mass is 10.2. The zero-order valence-corrected chi connectivity index (χ0v) is 7.62. The molecule has 0 amide bonds. The van der Waals surface area contributed by atoms with Gasteiger partial charge in [-0.25, -0.2) is 0 Å². The average molecular weight is 196 g/mol. The summed E-state index contributed by atoms with van der Waals surface area (Å²) in [7, 11) is 0. The van der Waals surface area contributed by atoms with Crippen LogP contribution < -0.4 is 10.9 Å². The molecule has 0 fully saturated rings. The SMILES string of the molecule is O=Cc1cc(CNCCO)c[nH]c1=O. The lowest BCUT2D eigenvalue weighted by Gasteiger charge is -2.02. The van der Waals surface area contributed by atoms with Gasteiger partial charge in [-0.1, -0.05) is 0 Å². The third-order valence-corrected chi connectivity index (χ3v) is 1.74. The van der Waals surface area contributed by atoms with Gasteiger partial charge >= 0.3 is 0 Å². The molecule has 0 aliphatic carbocycles. The molecule has 0 aromatic carbocycles. The first-order chi connectivity index (χ1) is 6.77.